The Kier molecular flexibility index (Phi) is 6.57. The summed E-state index contributed by atoms with van der Waals surface area (Å²) in [6.07, 6.45) is 3.84. The van der Waals surface area contributed by atoms with Gasteiger partial charge in [0.1, 0.15) is 5.75 Å². The highest BCUT2D eigenvalue weighted by atomic mass is 16.7. The predicted molar refractivity (Wildman–Crippen MR) is 88.6 cm³/mol. The molecule has 1 aliphatic heterocycles. The highest BCUT2D eigenvalue weighted by molar-refractivity contribution is 5.69. The van der Waals surface area contributed by atoms with Crippen LogP contribution in [0.25, 0.3) is 0 Å². The van der Waals surface area contributed by atoms with Gasteiger partial charge in [-0.2, -0.15) is 0 Å². The average molecular weight is 337 g/mol. The number of esters is 1. The van der Waals surface area contributed by atoms with Gasteiger partial charge in [-0.25, -0.2) is 0 Å². The summed E-state index contributed by atoms with van der Waals surface area (Å²) in [7, 11) is 0. The summed E-state index contributed by atoms with van der Waals surface area (Å²) in [4.78, 5) is 15.6. The molecule has 6 nitrogen and oxygen atoms in total. The molecule has 24 heavy (non-hydrogen) atoms. The van der Waals surface area contributed by atoms with Crippen LogP contribution in [0.5, 0.6) is 5.75 Å². The fraction of sp³-hybridized carbons (Fsp3) is 0.667. The van der Waals surface area contributed by atoms with E-state index in [2.05, 4.69) is 4.98 Å². The highest BCUT2D eigenvalue weighted by Gasteiger charge is 2.30. The van der Waals surface area contributed by atoms with Gasteiger partial charge in [-0.1, -0.05) is 0 Å². The first-order chi connectivity index (χ1) is 11.4. The molecule has 0 radical (unpaired) electrons. The molecule has 2 rings (SSSR count). The molecule has 2 heterocycles. The van der Waals surface area contributed by atoms with Gasteiger partial charge < -0.3 is 18.9 Å². The first-order valence-corrected chi connectivity index (χ1v) is 8.46. The molecule has 6 heteroatoms. The molecule has 0 spiro atoms. The van der Waals surface area contributed by atoms with Gasteiger partial charge in [0.25, 0.3) is 0 Å². The molecule has 0 saturated carbocycles. The molecular formula is C18H27NO5. The number of nitrogens with zero attached hydrogens (tertiary/aromatic N) is 1. The lowest BCUT2D eigenvalue weighted by Crippen LogP contribution is -2.36. The van der Waals surface area contributed by atoms with E-state index in [1.54, 1.807) is 0 Å². The molecule has 0 aromatic carbocycles. The van der Waals surface area contributed by atoms with E-state index in [4.69, 9.17) is 18.9 Å². The lowest BCUT2D eigenvalue weighted by atomic mass is 10.1. The number of carbonyl (C=O) groups is 1. The topological polar surface area (TPSA) is 66.9 Å². The number of ether oxygens (including phenoxy) is 4. The van der Waals surface area contributed by atoms with Crippen LogP contribution in [0.2, 0.25) is 0 Å². The van der Waals surface area contributed by atoms with E-state index < -0.39 is 5.79 Å². The fourth-order valence-electron chi connectivity index (χ4n) is 2.50. The maximum atomic E-state index is 11.2. The van der Waals surface area contributed by atoms with Crippen LogP contribution in [0.3, 0.4) is 0 Å². The fourth-order valence-corrected chi connectivity index (χ4v) is 2.50. The van der Waals surface area contributed by atoms with Crippen molar-refractivity contribution in [1.82, 2.24) is 4.98 Å². The van der Waals surface area contributed by atoms with Crippen molar-refractivity contribution < 1.29 is 23.7 Å². The Morgan fingerprint density at radius 2 is 2.17 bits per heavy atom. The van der Waals surface area contributed by atoms with Crippen LogP contribution >= 0.6 is 0 Å². The Labute approximate surface area is 143 Å². The minimum atomic E-state index is -0.633. The normalized spacial score (nSPS) is 15.5. The minimum Gasteiger partial charge on any atom is -0.466 e. The summed E-state index contributed by atoms with van der Waals surface area (Å²) in [5, 5.41) is 0. The molecule has 1 aromatic rings. The lowest BCUT2D eigenvalue weighted by Gasteiger charge is -2.34. The summed E-state index contributed by atoms with van der Waals surface area (Å²) in [5.74, 6) is 0.0207. The molecule has 0 saturated heterocycles. The van der Waals surface area contributed by atoms with E-state index in [9.17, 15) is 4.79 Å². The van der Waals surface area contributed by atoms with Gasteiger partial charge in [-0.05, 0) is 26.7 Å². The smallest absolute Gasteiger partial charge is 0.305 e. The van der Waals surface area contributed by atoms with Gasteiger partial charge in [-0.3, -0.25) is 9.78 Å². The number of aromatic nitrogens is 1. The van der Waals surface area contributed by atoms with Crippen molar-refractivity contribution >= 4 is 5.97 Å². The van der Waals surface area contributed by atoms with Crippen LogP contribution in [0.15, 0.2) is 6.20 Å². The van der Waals surface area contributed by atoms with Crippen LogP contribution < -0.4 is 4.74 Å². The Morgan fingerprint density at radius 3 is 2.92 bits per heavy atom. The Balaban J connectivity index is 1.81. The van der Waals surface area contributed by atoms with Gasteiger partial charge in [0, 0.05) is 44.2 Å². The van der Waals surface area contributed by atoms with Gasteiger partial charge in [-0.15, -0.1) is 0 Å². The van der Waals surface area contributed by atoms with E-state index in [1.807, 2.05) is 33.9 Å². The lowest BCUT2D eigenvalue weighted by molar-refractivity contribution is -0.181. The van der Waals surface area contributed by atoms with Crippen molar-refractivity contribution in [2.45, 2.75) is 66.0 Å². The minimum absolute atomic E-state index is 0.147. The van der Waals surface area contributed by atoms with Crippen molar-refractivity contribution in [3.63, 3.8) is 0 Å². The number of unbranched alkanes of at least 4 members (excludes halogenated alkanes) is 1. The Morgan fingerprint density at radius 1 is 1.38 bits per heavy atom. The molecule has 0 fully saturated rings. The summed E-state index contributed by atoms with van der Waals surface area (Å²) < 4.78 is 22.2. The molecule has 0 unspecified atom stereocenters. The largest absolute Gasteiger partial charge is 0.466 e. The predicted octanol–water partition coefficient (Wildman–Crippen LogP) is 3.29. The molecule has 0 N–H and O–H groups in total. The quantitative estimate of drug-likeness (QED) is 0.536. The zero-order chi connectivity index (χ0) is 17.6. The third-order valence-corrected chi connectivity index (χ3v) is 3.80. The van der Waals surface area contributed by atoms with E-state index in [-0.39, 0.29) is 5.97 Å². The van der Waals surface area contributed by atoms with Crippen LogP contribution in [-0.2, 0) is 32.2 Å². The number of rotatable bonds is 8. The van der Waals surface area contributed by atoms with Crippen molar-refractivity contribution in [2.75, 3.05) is 13.2 Å². The molecule has 0 bridgehead atoms. The second-order valence-electron chi connectivity index (χ2n) is 6.28. The van der Waals surface area contributed by atoms with Crippen LogP contribution in [0.4, 0.5) is 0 Å². The molecule has 1 aliphatic rings. The standard InChI is InChI=1S/C18H27NO5/c1-5-22-16(20)8-6-7-9-21-11-14-10-19-13(2)17-15(14)12-23-18(3,4)24-17/h10H,5-9,11-12H2,1-4H3. The first-order valence-electron chi connectivity index (χ1n) is 8.46. The van der Waals surface area contributed by atoms with Crippen molar-refractivity contribution in [3.05, 3.63) is 23.0 Å². The van der Waals surface area contributed by atoms with E-state index in [1.165, 1.54) is 0 Å². The van der Waals surface area contributed by atoms with Crippen molar-refractivity contribution in [1.29, 1.82) is 0 Å². The summed E-state index contributed by atoms with van der Waals surface area (Å²) >= 11 is 0. The molecule has 134 valence electrons. The maximum absolute atomic E-state index is 11.2. The number of hydrogen-bond donors (Lipinski definition) is 0. The number of pyridine rings is 1. The number of aryl methyl sites for hydroxylation is 1. The van der Waals surface area contributed by atoms with Gasteiger partial charge in [0.05, 0.1) is 25.5 Å². The highest BCUT2D eigenvalue weighted by Crippen LogP contribution is 2.35. The molecule has 0 amide bonds. The van der Waals surface area contributed by atoms with Gasteiger partial charge in [0.2, 0.25) is 5.79 Å². The van der Waals surface area contributed by atoms with E-state index in [0.29, 0.717) is 32.8 Å². The Hall–Kier alpha value is -1.66. The average Bonchev–Trinajstić information content (AvgIpc) is 2.52. The summed E-state index contributed by atoms with van der Waals surface area (Å²) in [5.41, 5.74) is 2.85. The first kappa shape index (κ1) is 18.7. The number of carbonyl (C=O) groups excluding carboxylic acids is 1. The maximum Gasteiger partial charge on any atom is 0.305 e. The third-order valence-electron chi connectivity index (χ3n) is 3.80. The molecule has 0 atom stereocenters. The van der Waals surface area contributed by atoms with Crippen LogP contribution in [-0.4, -0.2) is 30.0 Å². The van der Waals surface area contributed by atoms with Crippen LogP contribution in [0.1, 0.15) is 56.9 Å². The molecule has 1 aromatic heterocycles. The summed E-state index contributed by atoms with van der Waals surface area (Å²) in [6.45, 7) is 9.50. The number of fused-ring (bicyclic) bond motifs is 1. The molecule has 0 aliphatic carbocycles. The van der Waals surface area contributed by atoms with E-state index in [0.717, 1.165) is 35.4 Å². The third kappa shape index (κ3) is 5.18. The van der Waals surface area contributed by atoms with Crippen LogP contribution in [0, 0.1) is 6.92 Å². The summed E-state index contributed by atoms with van der Waals surface area (Å²) in [6, 6.07) is 0. The van der Waals surface area contributed by atoms with E-state index >= 15 is 0 Å². The monoisotopic (exact) mass is 337 g/mol. The van der Waals surface area contributed by atoms with Gasteiger partial charge >= 0.3 is 5.97 Å². The Bertz CT molecular complexity index is 571. The zero-order valence-electron chi connectivity index (χ0n) is 15.0. The number of hydrogen-bond acceptors (Lipinski definition) is 6. The van der Waals surface area contributed by atoms with Gasteiger partial charge in [0.15, 0.2) is 0 Å². The molecular weight excluding hydrogens is 310 g/mol. The van der Waals surface area contributed by atoms with Crippen molar-refractivity contribution in [3.8, 4) is 5.75 Å². The second kappa shape index (κ2) is 8.44. The second-order valence-corrected chi connectivity index (χ2v) is 6.28. The van der Waals surface area contributed by atoms with Crippen molar-refractivity contribution in [2.24, 2.45) is 0 Å². The SMILES string of the molecule is CCOC(=O)CCCCOCc1cnc(C)c2c1COC(C)(C)O2. The zero-order valence-corrected chi connectivity index (χ0v) is 15.0.